The lowest BCUT2D eigenvalue weighted by molar-refractivity contribution is 0.0408. The second kappa shape index (κ2) is 5.42. The molecule has 3 rings (SSSR count). The Bertz CT molecular complexity index is 613. The van der Waals surface area contributed by atoms with Crippen LogP contribution in [0.15, 0.2) is 47.4 Å². The molecule has 104 valence electrons. The lowest BCUT2D eigenvalue weighted by Crippen LogP contribution is -2.31. The average Bonchev–Trinajstić information content (AvgIpc) is 2.46. The highest BCUT2D eigenvalue weighted by Crippen LogP contribution is 2.38. The minimum atomic E-state index is -1.34. The first-order valence-corrected chi connectivity index (χ1v) is 7.16. The summed E-state index contributed by atoms with van der Waals surface area (Å²) in [7, 11) is 0. The Balaban J connectivity index is 1.88. The fraction of sp³-hybridized carbons (Fsp3) is 0.200. The first-order chi connectivity index (χ1) is 9.66. The molecule has 2 aromatic carbocycles. The third kappa shape index (κ3) is 2.39. The predicted octanol–water partition coefficient (Wildman–Crippen LogP) is 3.55. The molecule has 0 saturated heterocycles. The molecule has 1 aliphatic heterocycles. The van der Waals surface area contributed by atoms with Gasteiger partial charge in [0.1, 0.15) is 29.6 Å². The number of hydrogen-bond donors (Lipinski definition) is 1. The standard InChI is InChI=1S/C15H12F2O2S/c16-9-4-3-5-10(17)14(9)15(18)12-8-20-13-7-2-1-6-11(13)19-12/h1-7,12,15,18H,8H2. The molecule has 0 fully saturated rings. The van der Waals surface area contributed by atoms with Crippen molar-refractivity contribution in [2.24, 2.45) is 0 Å². The highest BCUT2D eigenvalue weighted by molar-refractivity contribution is 7.99. The quantitative estimate of drug-likeness (QED) is 0.918. The number of halogens is 2. The predicted molar refractivity (Wildman–Crippen MR) is 72.9 cm³/mol. The minimum absolute atomic E-state index is 0.336. The van der Waals surface area contributed by atoms with Gasteiger partial charge in [-0.15, -0.1) is 11.8 Å². The molecule has 0 bridgehead atoms. The third-order valence-electron chi connectivity index (χ3n) is 3.18. The maximum absolute atomic E-state index is 13.7. The molecule has 2 nitrogen and oxygen atoms in total. The van der Waals surface area contributed by atoms with Crippen molar-refractivity contribution in [1.29, 1.82) is 0 Å². The van der Waals surface area contributed by atoms with Crippen molar-refractivity contribution in [2.45, 2.75) is 17.1 Å². The van der Waals surface area contributed by atoms with Crippen molar-refractivity contribution in [3.05, 3.63) is 59.7 Å². The number of aliphatic hydroxyl groups excluding tert-OH is 1. The second-order valence-electron chi connectivity index (χ2n) is 4.49. The van der Waals surface area contributed by atoms with Gasteiger partial charge in [0.25, 0.3) is 0 Å². The van der Waals surface area contributed by atoms with E-state index >= 15 is 0 Å². The first-order valence-electron chi connectivity index (χ1n) is 6.17. The number of thioether (sulfide) groups is 1. The van der Waals surface area contributed by atoms with Crippen molar-refractivity contribution in [1.82, 2.24) is 0 Å². The zero-order chi connectivity index (χ0) is 14.1. The summed E-state index contributed by atoms with van der Waals surface area (Å²) >= 11 is 1.50. The van der Waals surface area contributed by atoms with Crippen LogP contribution >= 0.6 is 11.8 Å². The first kappa shape index (κ1) is 13.4. The molecule has 0 radical (unpaired) electrons. The summed E-state index contributed by atoms with van der Waals surface area (Å²) in [5.74, 6) is -0.453. The van der Waals surface area contributed by atoms with Gasteiger partial charge >= 0.3 is 0 Å². The fourth-order valence-electron chi connectivity index (χ4n) is 2.17. The zero-order valence-corrected chi connectivity index (χ0v) is 11.2. The second-order valence-corrected chi connectivity index (χ2v) is 5.56. The number of benzene rings is 2. The van der Waals surface area contributed by atoms with Gasteiger partial charge in [-0.05, 0) is 24.3 Å². The summed E-state index contributed by atoms with van der Waals surface area (Å²) in [4.78, 5) is 0.963. The summed E-state index contributed by atoms with van der Waals surface area (Å²) in [5.41, 5.74) is -0.336. The highest BCUT2D eigenvalue weighted by atomic mass is 32.2. The Morgan fingerprint density at radius 3 is 2.55 bits per heavy atom. The van der Waals surface area contributed by atoms with Crippen molar-refractivity contribution in [2.75, 3.05) is 5.75 Å². The lowest BCUT2D eigenvalue weighted by Gasteiger charge is -2.29. The molecular weight excluding hydrogens is 282 g/mol. The van der Waals surface area contributed by atoms with Gasteiger partial charge in [0.15, 0.2) is 0 Å². The topological polar surface area (TPSA) is 29.5 Å². The normalized spacial score (nSPS) is 19.1. The van der Waals surface area contributed by atoms with Crippen LogP contribution in [0.1, 0.15) is 11.7 Å². The molecule has 5 heteroatoms. The molecule has 20 heavy (non-hydrogen) atoms. The van der Waals surface area contributed by atoms with Crippen molar-refractivity contribution in [3.8, 4) is 5.75 Å². The van der Waals surface area contributed by atoms with Crippen LogP contribution in [0.5, 0.6) is 5.75 Å². The van der Waals surface area contributed by atoms with Crippen molar-refractivity contribution in [3.63, 3.8) is 0 Å². The highest BCUT2D eigenvalue weighted by Gasteiger charge is 2.31. The molecule has 2 atom stereocenters. The maximum Gasteiger partial charge on any atom is 0.138 e. The van der Waals surface area contributed by atoms with Gasteiger partial charge < -0.3 is 9.84 Å². The van der Waals surface area contributed by atoms with E-state index in [2.05, 4.69) is 0 Å². The van der Waals surface area contributed by atoms with Crippen LogP contribution in [0.3, 0.4) is 0 Å². The van der Waals surface area contributed by atoms with E-state index in [1.54, 1.807) is 6.07 Å². The van der Waals surface area contributed by atoms with E-state index in [0.29, 0.717) is 11.5 Å². The molecule has 0 amide bonds. The van der Waals surface area contributed by atoms with Gasteiger partial charge in [0.2, 0.25) is 0 Å². The van der Waals surface area contributed by atoms with Gasteiger partial charge in [-0.1, -0.05) is 18.2 Å². The average molecular weight is 294 g/mol. The zero-order valence-electron chi connectivity index (χ0n) is 10.4. The number of aliphatic hydroxyl groups is 1. The Hall–Kier alpha value is -1.59. The Labute approximate surface area is 119 Å². The third-order valence-corrected chi connectivity index (χ3v) is 4.32. The largest absolute Gasteiger partial charge is 0.485 e. The number of para-hydroxylation sites is 1. The fourth-order valence-corrected chi connectivity index (χ4v) is 3.20. The van der Waals surface area contributed by atoms with E-state index in [9.17, 15) is 13.9 Å². The number of rotatable bonds is 2. The molecule has 0 aromatic heterocycles. The van der Waals surface area contributed by atoms with Crippen LogP contribution in [0.2, 0.25) is 0 Å². The SMILES string of the molecule is OC(c1c(F)cccc1F)C1CSc2ccccc2O1. The van der Waals surface area contributed by atoms with Gasteiger partial charge in [0.05, 0.1) is 5.56 Å². The molecular formula is C15H12F2O2S. The maximum atomic E-state index is 13.7. The molecule has 1 heterocycles. The van der Waals surface area contributed by atoms with E-state index < -0.39 is 23.8 Å². The monoisotopic (exact) mass is 294 g/mol. The molecule has 0 saturated carbocycles. The van der Waals surface area contributed by atoms with E-state index in [1.807, 2.05) is 18.2 Å². The Kier molecular flexibility index (Phi) is 3.63. The molecule has 2 unspecified atom stereocenters. The van der Waals surface area contributed by atoms with E-state index in [1.165, 1.54) is 17.8 Å². The van der Waals surface area contributed by atoms with E-state index in [0.717, 1.165) is 17.0 Å². The van der Waals surface area contributed by atoms with Crippen molar-refractivity contribution < 1.29 is 18.6 Å². The summed E-state index contributed by atoms with van der Waals surface area (Å²) < 4.78 is 33.0. The number of hydrogen-bond acceptors (Lipinski definition) is 3. The van der Waals surface area contributed by atoms with Crippen molar-refractivity contribution >= 4 is 11.8 Å². The van der Waals surface area contributed by atoms with Crippen LogP contribution < -0.4 is 4.74 Å². The Morgan fingerprint density at radius 2 is 1.80 bits per heavy atom. The summed E-state index contributed by atoms with van der Waals surface area (Å²) in [6.07, 6.45) is -2.02. The van der Waals surface area contributed by atoms with Gasteiger partial charge in [-0.25, -0.2) is 8.78 Å². The molecule has 2 aromatic rings. The Morgan fingerprint density at radius 1 is 1.10 bits per heavy atom. The summed E-state index contributed by atoms with van der Waals surface area (Å²) in [6, 6.07) is 10.9. The van der Waals surface area contributed by atoms with Gasteiger partial charge in [-0.3, -0.25) is 0 Å². The molecule has 1 aliphatic rings. The van der Waals surface area contributed by atoms with Gasteiger partial charge in [-0.2, -0.15) is 0 Å². The van der Waals surface area contributed by atoms with Gasteiger partial charge in [0, 0.05) is 10.6 Å². The lowest BCUT2D eigenvalue weighted by atomic mass is 10.0. The smallest absolute Gasteiger partial charge is 0.138 e. The van der Waals surface area contributed by atoms with Crippen LogP contribution in [0.4, 0.5) is 8.78 Å². The molecule has 0 spiro atoms. The van der Waals surface area contributed by atoms with E-state index in [4.69, 9.17) is 4.74 Å². The van der Waals surface area contributed by atoms with Crippen LogP contribution in [-0.4, -0.2) is 17.0 Å². The van der Waals surface area contributed by atoms with Crippen LogP contribution in [0.25, 0.3) is 0 Å². The number of ether oxygens (including phenoxy) is 1. The minimum Gasteiger partial charge on any atom is -0.485 e. The summed E-state index contributed by atoms with van der Waals surface area (Å²) in [5, 5.41) is 10.2. The van der Waals surface area contributed by atoms with Crippen LogP contribution in [0, 0.1) is 11.6 Å². The van der Waals surface area contributed by atoms with E-state index in [-0.39, 0.29) is 5.56 Å². The molecule has 0 aliphatic carbocycles. The summed E-state index contributed by atoms with van der Waals surface area (Å²) in [6.45, 7) is 0. The van der Waals surface area contributed by atoms with Crippen LogP contribution in [-0.2, 0) is 0 Å². The molecule has 1 N–H and O–H groups in total. The number of fused-ring (bicyclic) bond motifs is 1.